The fourth-order valence-corrected chi connectivity index (χ4v) is 2.40. The molecule has 2 rings (SSSR count). The van der Waals surface area contributed by atoms with Gasteiger partial charge in [0.1, 0.15) is 0 Å². The van der Waals surface area contributed by atoms with Crippen LogP contribution in [0, 0.1) is 11.8 Å². The number of hydrogen-bond acceptors (Lipinski definition) is 2. The molecule has 3 nitrogen and oxygen atoms in total. The monoisotopic (exact) mass is 210 g/mol. The Morgan fingerprint density at radius 2 is 2.00 bits per heavy atom. The van der Waals surface area contributed by atoms with Crippen molar-refractivity contribution >= 4 is 5.91 Å². The summed E-state index contributed by atoms with van der Waals surface area (Å²) < 4.78 is 0. The first-order valence-corrected chi connectivity index (χ1v) is 6.15. The molecule has 0 aromatic rings. The van der Waals surface area contributed by atoms with Gasteiger partial charge in [0.15, 0.2) is 0 Å². The number of carbonyl (C=O) groups excluding carboxylic acids is 1. The molecule has 15 heavy (non-hydrogen) atoms. The summed E-state index contributed by atoms with van der Waals surface area (Å²) in [6.07, 6.45) is 3.65. The van der Waals surface area contributed by atoms with Gasteiger partial charge < -0.3 is 10.2 Å². The molecule has 0 bridgehead atoms. The zero-order valence-corrected chi connectivity index (χ0v) is 9.83. The summed E-state index contributed by atoms with van der Waals surface area (Å²) in [6.45, 7) is 7.05. The highest BCUT2D eigenvalue weighted by Crippen LogP contribution is 2.36. The van der Waals surface area contributed by atoms with Gasteiger partial charge in [-0.15, -0.1) is 0 Å². The molecule has 2 atom stereocenters. The Bertz CT molecular complexity index is 234. The molecule has 1 aliphatic carbocycles. The summed E-state index contributed by atoms with van der Waals surface area (Å²) in [5.41, 5.74) is 0. The van der Waals surface area contributed by atoms with Crippen molar-refractivity contribution in [3.8, 4) is 0 Å². The zero-order chi connectivity index (χ0) is 10.8. The van der Waals surface area contributed by atoms with Gasteiger partial charge >= 0.3 is 0 Å². The molecular weight excluding hydrogens is 188 g/mol. The minimum Gasteiger partial charge on any atom is -0.343 e. The lowest BCUT2D eigenvalue weighted by molar-refractivity contribution is -0.129. The molecule has 0 spiro atoms. The van der Waals surface area contributed by atoms with Gasteiger partial charge in [0, 0.05) is 26.1 Å². The highest BCUT2D eigenvalue weighted by molar-refractivity contribution is 5.73. The summed E-state index contributed by atoms with van der Waals surface area (Å²) in [4.78, 5) is 13.1. The topological polar surface area (TPSA) is 32.3 Å². The summed E-state index contributed by atoms with van der Waals surface area (Å²) in [5, 5.41) is 3.64. The van der Waals surface area contributed by atoms with Gasteiger partial charge in [0.05, 0.1) is 0 Å². The van der Waals surface area contributed by atoms with Crippen molar-refractivity contribution in [3.05, 3.63) is 0 Å². The molecule has 86 valence electrons. The Balaban J connectivity index is 1.63. The largest absolute Gasteiger partial charge is 0.343 e. The molecule has 3 heteroatoms. The molecule has 1 saturated carbocycles. The van der Waals surface area contributed by atoms with Crippen molar-refractivity contribution in [2.75, 3.05) is 19.6 Å². The minimum atomic E-state index is 0.226. The van der Waals surface area contributed by atoms with Crippen LogP contribution >= 0.6 is 0 Å². The van der Waals surface area contributed by atoms with Gasteiger partial charge in [-0.25, -0.2) is 0 Å². The molecule has 2 fully saturated rings. The molecule has 1 amide bonds. The van der Waals surface area contributed by atoms with Gasteiger partial charge in [-0.2, -0.15) is 0 Å². The van der Waals surface area contributed by atoms with E-state index in [-0.39, 0.29) is 5.91 Å². The Morgan fingerprint density at radius 3 is 2.47 bits per heavy atom. The first-order chi connectivity index (χ1) is 7.16. The minimum absolute atomic E-state index is 0.226. The maximum Gasteiger partial charge on any atom is 0.219 e. The number of likely N-dealkylation sites (tertiary alicyclic amines) is 1. The van der Waals surface area contributed by atoms with E-state index in [1.165, 1.54) is 13.0 Å². The Labute approximate surface area is 92.2 Å². The number of nitrogens with zero attached hydrogens (tertiary/aromatic N) is 1. The average molecular weight is 210 g/mol. The maximum atomic E-state index is 11.1. The summed E-state index contributed by atoms with van der Waals surface area (Å²) in [5.74, 6) is 2.09. The molecule has 2 unspecified atom stereocenters. The normalized spacial score (nSPS) is 31.7. The van der Waals surface area contributed by atoms with E-state index in [4.69, 9.17) is 0 Å². The third-order valence-corrected chi connectivity index (χ3v) is 3.89. The third kappa shape index (κ3) is 2.94. The Hall–Kier alpha value is -0.570. The number of carbonyl (C=O) groups is 1. The standard InChI is InChI=1S/C12H22N2O/c1-9-7-11(9)8-13-12-3-5-14(6-4-12)10(2)15/h9,11-13H,3-8H2,1-2H3. The van der Waals surface area contributed by atoms with Crippen LogP contribution in [0.25, 0.3) is 0 Å². The molecule has 1 N–H and O–H groups in total. The Morgan fingerprint density at radius 1 is 1.40 bits per heavy atom. The van der Waals surface area contributed by atoms with E-state index in [1.807, 2.05) is 4.90 Å². The molecule has 1 aliphatic heterocycles. The van der Waals surface area contributed by atoms with Crippen LogP contribution in [-0.4, -0.2) is 36.5 Å². The fraction of sp³-hybridized carbons (Fsp3) is 0.917. The molecule has 0 radical (unpaired) electrons. The molecule has 1 saturated heterocycles. The predicted octanol–water partition coefficient (Wildman–Crippen LogP) is 1.24. The fourth-order valence-electron chi connectivity index (χ4n) is 2.40. The third-order valence-electron chi connectivity index (χ3n) is 3.89. The van der Waals surface area contributed by atoms with E-state index in [2.05, 4.69) is 12.2 Å². The Kier molecular flexibility index (Phi) is 3.29. The highest BCUT2D eigenvalue weighted by atomic mass is 16.2. The van der Waals surface area contributed by atoms with Crippen molar-refractivity contribution in [2.45, 2.75) is 39.2 Å². The van der Waals surface area contributed by atoms with E-state index < -0.39 is 0 Å². The van der Waals surface area contributed by atoms with E-state index in [9.17, 15) is 4.79 Å². The highest BCUT2D eigenvalue weighted by Gasteiger charge is 2.32. The van der Waals surface area contributed by atoms with Gasteiger partial charge in [-0.1, -0.05) is 6.92 Å². The molecule has 0 aromatic carbocycles. The first-order valence-electron chi connectivity index (χ1n) is 6.15. The second-order valence-electron chi connectivity index (χ2n) is 5.16. The lowest BCUT2D eigenvalue weighted by Crippen LogP contribution is -2.44. The van der Waals surface area contributed by atoms with Crippen LogP contribution in [0.4, 0.5) is 0 Å². The van der Waals surface area contributed by atoms with Gasteiger partial charge in [-0.3, -0.25) is 4.79 Å². The van der Waals surface area contributed by atoms with Gasteiger partial charge in [0.2, 0.25) is 5.91 Å². The SMILES string of the molecule is CC(=O)N1CCC(NCC2CC2C)CC1. The number of nitrogens with one attached hydrogen (secondary N) is 1. The van der Waals surface area contributed by atoms with Crippen molar-refractivity contribution < 1.29 is 4.79 Å². The smallest absolute Gasteiger partial charge is 0.219 e. The van der Waals surface area contributed by atoms with Crippen molar-refractivity contribution in [3.63, 3.8) is 0 Å². The van der Waals surface area contributed by atoms with Crippen LogP contribution in [0.2, 0.25) is 0 Å². The molecule has 1 heterocycles. The molecule has 2 aliphatic rings. The molecular formula is C12H22N2O. The number of hydrogen-bond donors (Lipinski definition) is 1. The van der Waals surface area contributed by atoms with Crippen LogP contribution < -0.4 is 5.32 Å². The zero-order valence-electron chi connectivity index (χ0n) is 9.83. The molecule has 0 aromatic heterocycles. The van der Waals surface area contributed by atoms with Gasteiger partial charge in [0.25, 0.3) is 0 Å². The van der Waals surface area contributed by atoms with Crippen LogP contribution in [0.3, 0.4) is 0 Å². The second kappa shape index (κ2) is 4.52. The van der Waals surface area contributed by atoms with Crippen molar-refractivity contribution in [2.24, 2.45) is 11.8 Å². The van der Waals surface area contributed by atoms with Crippen molar-refractivity contribution in [1.82, 2.24) is 10.2 Å². The maximum absolute atomic E-state index is 11.1. The lowest BCUT2D eigenvalue weighted by atomic mass is 10.0. The van der Waals surface area contributed by atoms with E-state index in [0.717, 1.165) is 37.8 Å². The van der Waals surface area contributed by atoms with Crippen LogP contribution in [0.5, 0.6) is 0 Å². The first kappa shape index (κ1) is 10.9. The summed E-state index contributed by atoms with van der Waals surface area (Å²) >= 11 is 0. The summed E-state index contributed by atoms with van der Waals surface area (Å²) in [7, 11) is 0. The number of piperidine rings is 1. The predicted molar refractivity (Wildman–Crippen MR) is 60.5 cm³/mol. The number of rotatable bonds is 3. The quantitative estimate of drug-likeness (QED) is 0.760. The lowest BCUT2D eigenvalue weighted by Gasteiger charge is -2.31. The van der Waals surface area contributed by atoms with E-state index >= 15 is 0 Å². The van der Waals surface area contributed by atoms with Gasteiger partial charge in [-0.05, 0) is 37.6 Å². The van der Waals surface area contributed by atoms with Crippen LogP contribution in [0.1, 0.15) is 33.1 Å². The van der Waals surface area contributed by atoms with Crippen LogP contribution in [0.15, 0.2) is 0 Å². The summed E-state index contributed by atoms with van der Waals surface area (Å²) in [6, 6.07) is 0.647. The van der Waals surface area contributed by atoms with E-state index in [0.29, 0.717) is 6.04 Å². The average Bonchev–Trinajstić information content (AvgIpc) is 2.92. The number of amides is 1. The van der Waals surface area contributed by atoms with Crippen molar-refractivity contribution in [1.29, 1.82) is 0 Å². The van der Waals surface area contributed by atoms with E-state index in [1.54, 1.807) is 6.92 Å². The van der Waals surface area contributed by atoms with Crippen LogP contribution in [-0.2, 0) is 4.79 Å². The second-order valence-corrected chi connectivity index (χ2v) is 5.16.